The normalized spacial score (nSPS) is 23.0. The number of esters is 1. The van der Waals surface area contributed by atoms with Crippen molar-refractivity contribution < 1.29 is 23.8 Å². The van der Waals surface area contributed by atoms with Gasteiger partial charge in [0, 0.05) is 12.3 Å². The summed E-state index contributed by atoms with van der Waals surface area (Å²) in [4.78, 5) is 24.8. The van der Waals surface area contributed by atoms with Gasteiger partial charge in [0.25, 0.3) is 5.91 Å². The van der Waals surface area contributed by atoms with Crippen molar-refractivity contribution in [2.45, 2.75) is 45.1 Å². The first-order chi connectivity index (χ1) is 12.0. The van der Waals surface area contributed by atoms with Gasteiger partial charge in [0.05, 0.1) is 14.2 Å². The zero-order valence-electron chi connectivity index (χ0n) is 15.4. The number of hydrogen-bond acceptors (Lipinski definition) is 5. The van der Waals surface area contributed by atoms with Crippen molar-refractivity contribution in [1.29, 1.82) is 0 Å². The van der Waals surface area contributed by atoms with Crippen molar-refractivity contribution >= 4 is 17.6 Å². The summed E-state index contributed by atoms with van der Waals surface area (Å²) in [6.45, 7) is 4.52. The summed E-state index contributed by atoms with van der Waals surface area (Å²) in [6, 6.07) is 4.91. The Labute approximate surface area is 148 Å². The third kappa shape index (κ3) is 4.31. The molecular weight excluding hydrogens is 322 g/mol. The van der Waals surface area contributed by atoms with Gasteiger partial charge in [-0.25, -0.2) is 4.79 Å². The van der Waals surface area contributed by atoms with Gasteiger partial charge in [-0.05, 0) is 50.3 Å². The molecule has 1 aliphatic rings. The molecule has 0 bridgehead atoms. The lowest BCUT2D eigenvalue weighted by Gasteiger charge is -2.38. The molecule has 1 aliphatic carbocycles. The van der Waals surface area contributed by atoms with Crippen LogP contribution in [0.4, 0.5) is 5.69 Å². The number of methoxy groups -OCH3 is 2. The molecule has 6 heteroatoms. The van der Waals surface area contributed by atoms with E-state index in [0.717, 1.165) is 12.8 Å². The Kier molecular flexibility index (Phi) is 6.42. The molecule has 1 aromatic carbocycles. The van der Waals surface area contributed by atoms with E-state index in [0.29, 0.717) is 36.8 Å². The predicted molar refractivity (Wildman–Crippen MR) is 95.0 cm³/mol. The molecule has 1 amide bonds. The predicted octanol–water partition coefficient (Wildman–Crippen LogP) is 3.41. The molecule has 2 unspecified atom stereocenters. The summed E-state index contributed by atoms with van der Waals surface area (Å²) in [5.74, 6) is 0.156. The zero-order chi connectivity index (χ0) is 18.4. The first-order valence-electron chi connectivity index (χ1n) is 8.67. The van der Waals surface area contributed by atoms with Crippen LogP contribution in [0, 0.1) is 5.92 Å². The average Bonchev–Trinajstić information content (AvgIpc) is 2.61. The number of benzene rings is 1. The van der Waals surface area contributed by atoms with Crippen LogP contribution >= 0.6 is 0 Å². The van der Waals surface area contributed by atoms with Crippen molar-refractivity contribution in [1.82, 2.24) is 0 Å². The Morgan fingerprint density at radius 2 is 2.08 bits per heavy atom. The molecule has 2 atom stereocenters. The second-order valence-corrected chi connectivity index (χ2v) is 6.49. The summed E-state index contributed by atoms with van der Waals surface area (Å²) in [5.41, 5.74) is -0.0219. The van der Waals surface area contributed by atoms with Gasteiger partial charge in [-0.1, -0.05) is 13.3 Å². The Bertz CT molecular complexity index is 626. The molecule has 1 N–H and O–H groups in total. The van der Waals surface area contributed by atoms with Crippen LogP contribution in [0.25, 0.3) is 0 Å². The van der Waals surface area contributed by atoms with Gasteiger partial charge in [0.1, 0.15) is 16.9 Å². The topological polar surface area (TPSA) is 73.9 Å². The Morgan fingerprint density at radius 3 is 2.68 bits per heavy atom. The minimum absolute atomic E-state index is 0.165. The molecule has 1 aromatic rings. The van der Waals surface area contributed by atoms with E-state index < -0.39 is 11.6 Å². The fourth-order valence-corrected chi connectivity index (χ4v) is 3.48. The molecule has 2 rings (SSSR count). The Hall–Kier alpha value is -2.08. The van der Waals surface area contributed by atoms with Crippen molar-refractivity contribution in [3.63, 3.8) is 0 Å². The quantitative estimate of drug-likeness (QED) is 0.797. The fourth-order valence-electron chi connectivity index (χ4n) is 3.48. The van der Waals surface area contributed by atoms with Crippen LogP contribution in [0.5, 0.6) is 5.75 Å². The molecule has 0 spiro atoms. The van der Waals surface area contributed by atoms with Crippen LogP contribution in [0.1, 0.15) is 49.9 Å². The van der Waals surface area contributed by atoms with Gasteiger partial charge < -0.3 is 19.5 Å². The Balaban J connectivity index is 2.25. The van der Waals surface area contributed by atoms with Crippen LogP contribution in [0.2, 0.25) is 0 Å². The minimum Gasteiger partial charge on any atom is -0.496 e. The van der Waals surface area contributed by atoms with E-state index >= 15 is 0 Å². The monoisotopic (exact) mass is 349 g/mol. The van der Waals surface area contributed by atoms with Crippen molar-refractivity contribution in [3.05, 3.63) is 23.8 Å². The van der Waals surface area contributed by atoms with Crippen molar-refractivity contribution in [2.75, 3.05) is 26.1 Å². The molecule has 0 heterocycles. The third-order valence-electron chi connectivity index (χ3n) is 4.65. The minimum atomic E-state index is -0.808. The van der Waals surface area contributed by atoms with Crippen molar-refractivity contribution in [3.8, 4) is 5.75 Å². The van der Waals surface area contributed by atoms with E-state index in [4.69, 9.17) is 14.2 Å². The molecule has 0 radical (unpaired) electrons. The molecule has 0 saturated heterocycles. The van der Waals surface area contributed by atoms with E-state index in [-0.39, 0.29) is 11.5 Å². The highest BCUT2D eigenvalue weighted by Crippen LogP contribution is 2.36. The number of hydrogen-bond donors (Lipinski definition) is 1. The van der Waals surface area contributed by atoms with Crippen LogP contribution in [-0.2, 0) is 14.3 Å². The van der Waals surface area contributed by atoms with Gasteiger partial charge >= 0.3 is 5.97 Å². The molecular formula is C19H27NO5. The van der Waals surface area contributed by atoms with E-state index in [2.05, 4.69) is 12.2 Å². The second kappa shape index (κ2) is 8.34. The maximum atomic E-state index is 12.9. The van der Waals surface area contributed by atoms with Gasteiger partial charge in [0.2, 0.25) is 0 Å². The van der Waals surface area contributed by atoms with Crippen LogP contribution in [-0.4, -0.2) is 38.3 Å². The summed E-state index contributed by atoms with van der Waals surface area (Å²) in [7, 11) is 2.79. The first-order valence-corrected chi connectivity index (χ1v) is 8.67. The fraction of sp³-hybridized carbons (Fsp3) is 0.579. The number of anilines is 1. The second-order valence-electron chi connectivity index (χ2n) is 6.49. The first kappa shape index (κ1) is 19.2. The van der Waals surface area contributed by atoms with Crippen LogP contribution < -0.4 is 10.1 Å². The van der Waals surface area contributed by atoms with Crippen LogP contribution in [0.3, 0.4) is 0 Å². The lowest BCUT2D eigenvalue weighted by molar-refractivity contribution is -0.147. The summed E-state index contributed by atoms with van der Waals surface area (Å²) < 4.78 is 15.8. The van der Waals surface area contributed by atoms with Gasteiger partial charge in [0.15, 0.2) is 0 Å². The molecule has 0 aromatic heterocycles. The largest absolute Gasteiger partial charge is 0.496 e. The van der Waals surface area contributed by atoms with E-state index in [9.17, 15) is 9.59 Å². The third-order valence-corrected chi connectivity index (χ3v) is 4.65. The summed E-state index contributed by atoms with van der Waals surface area (Å²) in [6.07, 6.45) is 3.48. The highest BCUT2D eigenvalue weighted by Gasteiger charge is 2.42. The van der Waals surface area contributed by atoms with E-state index in [1.54, 1.807) is 18.2 Å². The smallest absolute Gasteiger partial charge is 0.341 e. The highest BCUT2D eigenvalue weighted by molar-refractivity contribution is 5.99. The highest BCUT2D eigenvalue weighted by atomic mass is 16.5. The number of ether oxygens (including phenoxy) is 3. The summed E-state index contributed by atoms with van der Waals surface area (Å²) in [5, 5.41) is 2.90. The number of rotatable bonds is 6. The standard InChI is InChI=1S/C19H27NO5/c1-5-25-19(10-6-7-13(2)12-19)18(22)20-14-8-9-16(23-3)15(11-14)17(21)24-4/h8-9,11,13H,5-7,10,12H2,1-4H3,(H,20,22). The van der Waals surface area contributed by atoms with Crippen LogP contribution in [0.15, 0.2) is 18.2 Å². The molecule has 1 fully saturated rings. The van der Waals surface area contributed by atoms with E-state index in [1.165, 1.54) is 14.2 Å². The van der Waals surface area contributed by atoms with E-state index in [1.807, 2.05) is 6.92 Å². The molecule has 25 heavy (non-hydrogen) atoms. The molecule has 6 nitrogen and oxygen atoms in total. The van der Waals surface area contributed by atoms with Gasteiger partial charge in [-0.3, -0.25) is 4.79 Å². The lowest BCUT2D eigenvalue weighted by atomic mass is 9.78. The number of carbonyl (C=O) groups is 2. The van der Waals surface area contributed by atoms with Crippen molar-refractivity contribution in [2.24, 2.45) is 5.92 Å². The SMILES string of the molecule is CCOC1(C(=O)Nc2ccc(OC)c(C(=O)OC)c2)CCCC(C)C1. The molecule has 1 saturated carbocycles. The Morgan fingerprint density at radius 1 is 1.32 bits per heavy atom. The average molecular weight is 349 g/mol. The lowest BCUT2D eigenvalue weighted by Crippen LogP contribution is -2.48. The maximum absolute atomic E-state index is 12.9. The number of amides is 1. The molecule has 138 valence electrons. The number of carbonyl (C=O) groups excluding carboxylic acids is 2. The van der Waals surface area contributed by atoms with Gasteiger partial charge in [-0.15, -0.1) is 0 Å². The van der Waals surface area contributed by atoms with Gasteiger partial charge in [-0.2, -0.15) is 0 Å². The maximum Gasteiger partial charge on any atom is 0.341 e. The number of nitrogens with one attached hydrogen (secondary N) is 1. The summed E-state index contributed by atoms with van der Waals surface area (Å²) >= 11 is 0. The zero-order valence-corrected chi connectivity index (χ0v) is 15.4. The molecule has 0 aliphatic heterocycles.